The molecular formula is C12H10F4N4. The van der Waals surface area contributed by atoms with Crippen LogP contribution in [0, 0.1) is 5.82 Å². The lowest BCUT2D eigenvalue weighted by atomic mass is 10.0. The normalized spacial score (nSPS) is 13.2. The first kappa shape index (κ1) is 14.4. The fourth-order valence-electron chi connectivity index (χ4n) is 1.76. The number of nitrogens with zero attached hydrogens (tertiary/aromatic N) is 2. The summed E-state index contributed by atoms with van der Waals surface area (Å²) in [6.45, 7) is 0. The third-order valence-electron chi connectivity index (χ3n) is 2.70. The van der Waals surface area contributed by atoms with E-state index in [2.05, 4.69) is 15.4 Å². The van der Waals surface area contributed by atoms with Crippen LogP contribution < -0.4 is 11.3 Å². The first-order chi connectivity index (χ1) is 9.43. The largest absolute Gasteiger partial charge is 0.419 e. The number of benzene rings is 1. The number of nitrogens with one attached hydrogen (secondary N) is 1. The van der Waals surface area contributed by atoms with Crippen molar-refractivity contribution in [3.63, 3.8) is 0 Å². The second kappa shape index (κ2) is 5.51. The molecule has 0 saturated carbocycles. The number of rotatable bonds is 3. The van der Waals surface area contributed by atoms with Crippen LogP contribution in [0.1, 0.15) is 22.9 Å². The summed E-state index contributed by atoms with van der Waals surface area (Å²) in [4.78, 5) is 7.65. The molecule has 0 spiro atoms. The Hall–Kier alpha value is -2.06. The highest BCUT2D eigenvalue weighted by Gasteiger charge is 2.34. The molecule has 3 N–H and O–H groups in total. The minimum absolute atomic E-state index is 0.233. The zero-order chi connectivity index (χ0) is 14.8. The molecule has 0 fully saturated rings. The smallest absolute Gasteiger partial charge is 0.271 e. The maximum Gasteiger partial charge on any atom is 0.419 e. The Morgan fingerprint density at radius 1 is 1.20 bits per heavy atom. The lowest BCUT2D eigenvalue weighted by molar-refractivity contribution is -0.140. The molecule has 2 aromatic rings. The SMILES string of the molecule is NNC(c1ccc(C(F)(F)F)c(F)c1)c1ccncn1. The molecule has 1 atom stereocenters. The van der Waals surface area contributed by atoms with Gasteiger partial charge >= 0.3 is 6.18 Å². The standard InChI is InChI=1S/C12H10F4N4/c13-9-5-7(1-2-8(9)12(14,15)16)11(20-17)10-3-4-18-6-19-10/h1-6,11,20H,17H2. The van der Waals surface area contributed by atoms with Crippen molar-refractivity contribution in [2.45, 2.75) is 12.2 Å². The first-order valence-corrected chi connectivity index (χ1v) is 5.52. The zero-order valence-corrected chi connectivity index (χ0v) is 10.0. The molecule has 20 heavy (non-hydrogen) atoms. The van der Waals surface area contributed by atoms with E-state index >= 15 is 0 Å². The zero-order valence-electron chi connectivity index (χ0n) is 10.0. The molecule has 0 bridgehead atoms. The number of alkyl halides is 3. The quantitative estimate of drug-likeness (QED) is 0.516. The van der Waals surface area contributed by atoms with Gasteiger partial charge in [-0.25, -0.2) is 19.8 Å². The number of nitrogens with two attached hydrogens (primary N) is 1. The van der Waals surface area contributed by atoms with Crippen molar-refractivity contribution >= 4 is 0 Å². The highest BCUT2D eigenvalue weighted by atomic mass is 19.4. The molecule has 0 amide bonds. The van der Waals surface area contributed by atoms with Gasteiger partial charge < -0.3 is 0 Å². The van der Waals surface area contributed by atoms with E-state index in [4.69, 9.17) is 5.84 Å². The van der Waals surface area contributed by atoms with Crippen LogP contribution in [0.5, 0.6) is 0 Å². The van der Waals surface area contributed by atoms with Crippen molar-refractivity contribution in [1.82, 2.24) is 15.4 Å². The molecule has 0 aliphatic rings. The predicted molar refractivity (Wildman–Crippen MR) is 62.6 cm³/mol. The Bertz CT molecular complexity index is 586. The molecule has 0 saturated heterocycles. The highest BCUT2D eigenvalue weighted by Crippen LogP contribution is 2.32. The van der Waals surface area contributed by atoms with Crippen LogP contribution in [-0.4, -0.2) is 9.97 Å². The lowest BCUT2D eigenvalue weighted by Crippen LogP contribution is -2.29. The van der Waals surface area contributed by atoms with E-state index in [-0.39, 0.29) is 5.56 Å². The van der Waals surface area contributed by atoms with E-state index in [1.807, 2.05) is 0 Å². The molecule has 0 aliphatic heterocycles. The number of halogens is 4. The summed E-state index contributed by atoms with van der Waals surface area (Å²) in [5, 5.41) is 0. The summed E-state index contributed by atoms with van der Waals surface area (Å²) in [5.74, 6) is 4.00. The van der Waals surface area contributed by atoms with Crippen LogP contribution in [0.25, 0.3) is 0 Å². The molecule has 1 aromatic heterocycles. The van der Waals surface area contributed by atoms with Crippen LogP contribution in [0.3, 0.4) is 0 Å². The van der Waals surface area contributed by atoms with E-state index in [0.717, 1.165) is 12.1 Å². The molecule has 1 heterocycles. The van der Waals surface area contributed by atoms with E-state index in [1.165, 1.54) is 18.6 Å². The predicted octanol–water partition coefficient (Wildman–Crippen LogP) is 2.19. The maximum absolute atomic E-state index is 13.5. The van der Waals surface area contributed by atoms with Gasteiger partial charge in [-0.2, -0.15) is 13.2 Å². The first-order valence-electron chi connectivity index (χ1n) is 5.52. The van der Waals surface area contributed by atoms with Gasteiger partial charge in [0.2, 0.25) is 0 Å². The van der Waals surface area contributed by atoms with Gasteiger partial charge in [0, 0.05) is 6.20 Å². The number of hydrogen-bond acceptors (Lipinski definition) is 4. The third-order valence-corrected chi connectivity index (χ3v) is 2.70. The van der Waals surface area contributed by atoms with Gasteiger partial charge in [-0.1, -0.05) is 6.07 Å². The average molecular weight is 286 g/mol. The van der Waals surface area contributed by atoms with Gasteiger partial charge in [-0.15, -0.1) is 0 Å². The van der Waals surface area contributed by atoms with Crippen LogP contribution in [0.2, 0.25) is 0 Å². The second-order valence-electron chi connectivity index (χ2n) is 3.97. The van der Waals surface area contributed by atoms with E-state index in [9.17, 15) is 17.6 Å². The Labute approximate surface area is 111 Å². The van der Waals surface area contributed by atoms with Crippen LogP contribution >= 0.6 is 0 Å². The molecular weight excluding hydrogens is 276 g/mol. The van der Waals surface area contributed by atoms with Crippen molar-refractivity contribution < 1.29 is 17.6 Å². The van der Waals surface area contributed by atoms with Crippen LogP contribution in [0.4, 0.5) is 17.6 Å². The van der Waals surface area contributed by atoms with Gasteiger partial charge in [0.25, 0.3) is 0 Å². The van der Waals surface area contributed by atoms with Crippen molar-refractivity contribution in [2.75, 3.05) is 0 Å². The minimum Gasteiger partial charge on any atom is -0.271 e. The Morgan fingerprint density at radius 3 is 2.45 bits per heavy atom. The van der Waals surface area contributed by atoms with E-state index < -0.39 is 23.6 Å². The summed E-state index contributed by atoms with van der Waals surface area (Å²) in [6, 6.07) is 3.42. The molecule has 1 aromatic carbocycles. The van der Waals surface area contributed by atoms with Gasteiger partial charge in [-0.3, -0.25) is 5.84 Å². The topological polar surface area (TPSA) is 63.8 Å². The summed E-state index contributed by atoms with van der Waals surface area (Å²) < 4.78 is 51.0. The van der Waals surface area contributed by atoms with Gasteiger partial charge in [0.1, 0.15) is 12.1 Å². The Morgan fingerprint density at radius 2 is 1.95 bits per heavy atom. The second-order valence-corrected chi connectivity index (χ2v) is 3.97. The average Bonchev–Trinajstić information content (AvgIpc) is 2.39. The van der Waals surface area contributed by atoms with Gasteiger partial charge in [0.05, 0.1) is 17.3 Å². The molecule has 4 nitrogen and oxygen atoms in total. The minimum atomic E-state index is -4.73. The van der Waals surface area contributed by atoms with Crippen molar-refractivity contribution in [1.29, 1.82) is 0 Å². The van der Waals surface area contributed by atoms with Crippen LogP contribution in [0.15, 0.2) is 36.8 Å². The Kier molecular flexibility index (Phi) is 3.96. The number of aromatic nitrogens is 2. The number of hydrogen-bond donors (Lipinski definition) is 2. The molecule has 0 aliphatic carbocycles. The summed E-state index contributed by atoms with van der Waals surface area (Å²) in [7, 11) is 0. The van der Waals surface area contributed by atoms with E-state index in [1.54, 1.807) is 0 Å². The molecule has 2 rings (SSSR count). The van der Waals surface area contributed by atoms with Crippen LogP contribution in [-0.2, 0) is 6.18 Å². The molecule has 0 radical (unpaired) electrons. The van der Waals surface area contributed by atoms with E-state index in [0.29, 0.717) is 11.8 Å². The summed E-state index contributed by atoms with van der Waals surface area (Å²) in [5.41, 5.74) is 1.71. The lowest BCUT2D eigenvalue weighted by Gasteiger charge is -2.17. The number of hydrazine groups is 1. The van der Waals surface area contributed by atoms with Crippen molar-refractivity contribution in [3.8, 4) is 0 Å². The summed E-state index contributed by atoms with van der Waals surface area (Å²) in [6.07, 6.45) is -2.02. The molecule has 106 valence electrons. The third kappa shape index (κ3) is 2.91. The highest BCUT2D eigenvalue weighted by molar-refractivity contribution is 5.32. The van der Waals surface area contributed by atoms with Crippen molar-refractivity contribution in [3.05, 3.63) is 59.4 Å². The van der Waals surface area contributed by atoms with Crippen molar-refractivity contribution in [2.24, 2.45) is 5.84 Å². The monoisotopic (exact) mass is 286 g/mol. The Balaban J connectivity index is 2.40. The maximum atomic E-state index is 13.5. The summed E-state index contributed by atoms with van der Waals surface area (Å²) >= 11 is 0. The molecule has 8 heteroatoms. The molecule has 1 unspecified atom stereocenters. The fraction of sp³-hybridized carbons (Fsp3) is 0.167. The van der Waals surface area contributed by atoms with Gasteiger partial charge in [-0.05, 0) is 23.8 Å². The van der Waals surface area contributed by atoms with Gasteiger partial charge in [0.15, 0.2) is 0 Å². The fourth-order valence-corrected chi connectivity index (χ4v) is 1.76.